The van der Waals surface area contributed by atoms with E-state index in [0.29, 0.717) is 17.5 Å². The van der Waals surface area contributed by atoms with Gasteiger partial charge in [-0.25, -0.2) is 4.68 Å². The van der Waals surface area contributed by atoms with E-state index in [2.05, 4.69) is 38.0 Å². The van der Waals surface area contributed by atoms with E-state index in [1.807, 2.05) is 19.2 Å². The van der Waals surface area contributed by atoms with E-state index in [-0.39, 0.29) is 0 Å². The van der Waals surface area contributed by atoms with Crippen molar-refractivity contribution in [2.75, 3.05) is 5.73 Å². The van der Waals surface area contributed by atoms with Crippen molar-refractivity contribution < 1.29 is 4.74 Å². The second-order valence-electron chi connectivity index (χ2n) is 5.52. The zero-order valence-electron chi connectivity index (χ0n) is 13.4. The van der Waals surface area contributed by atoms with Gasteiger partial charge in [-0.1, -0.05) is 39.3 Å². The van der Waals surface area contributed by atoms with E-state index in [4.69, 9.17) is 10.5 Å². The molecule has 0 saturated carbocycles. The average molecular weight is 287 g/mol. The summed E-state index contributed by atoms with van der Waals surface area (Å²) in [7, 11) is 1.86. The molecule has 0 bridgehead atoms. The van der Waals surface area contributed by atoms with Crippen LogP contribution in [0.1, 0.15) is 50.8 Å². The van der Waals surface area contributed by atoms with E-state index in [9.17, 15) is 0 Å². The summed E-state index contributed by atoms with van der Waals surface area (Å²) in [4.78, 5) is 0. The highest BCUT2D eigenvalue weighted by atomic mass is 16.5. The third kappa shape index (κ3) is 3.38. The maximum Gasteiger partial charge on any atom is 0.241 e. The fourth-order valence-electron chi connectivity index (χ4n) is 2.33. The molecule has 2 N–H and O–H groups in total. The first-order valence-electron chi connectivity index (χ1n) is 7.65. The fraction of sp³-hybridized carbons (Fsp3) is 0.471. The highest BCUT2D eigenvalue weighted by Gasteiger charge is 2.14. The first-order chi connectivity index (χ1) is 10.1. The predicted molar refractivity (Wildman–Crippen MR) is 86.8 cm³/mol. The third-order valence-electron chi connectivity index (χ3n) is 3.87. The molecule has 1 atom stereocenters. The minimum Gasteiger partial charge on any atom is -0.437 e. The van der Waals surface area contributed by atoms with Gasteiger partial charge in [-0.15, -0.1) is 0 Å². The van der Waals surface area contributed by atoms with Gasteiger partial charge in [-0.05, 0) is 36.5 Å². The van der Waals surface area contributed by atoms with Crippen LogP contribution in [0.2, 0.25) is 0 Å². The number of nitrogens with zero attached hydrogens (tertiary/aromatic N) is 2. The van der Waals surface area contributed by atoms with Crippen LogP contribution in [0.3, 0.4) is 0 Å². The maximum atomic E-state index is 6.13. The number of rotatable bonds is 6. The number of nitrogens with two attached hydrogens (primary N) is 1. The molecule has 0 aliphatic rings. The summed E-state index contributed by atoms with van der Waals surface area (Å²) < 4.78 is 7.62. The Bertz CT molecular complexity index is 587. The number of hydrogen-bond acceptors (Lipinski definition) is 3. The van der Waals surface area contributed by atoms with Gasteiger partial charge in [0.1, 0.15) is 11.4 Å². The van der Waals surface area contributed by atoms with Crippen LogP contribution in [0, 0.1) is 0 Å². The van der Waals surface area contributed by atoms with Crippen molar-refractivity contribution in [2.24, 2.45) is 7.05 Å². The first kappa shape index (κ1) is 15.4. The zero-order valence-corrected chi connectivity index (χ0v) is 13.4. The first-order valence-corrected chi connectivity index (χ1v) is 7.65. The Morgan fingerprint density at radius 3 is 2.48 bits per heavy atom. The molecule has 0 spiro atoms. The van der Waals surface area contributed by atoms with Crippen molar-refractivity contribution in [3.8, 4) is 11.6 Å². The number of aryl methyl sites for hydroxylation is 2. The lowest BCUT2D eigenvalue weighted by Gasteiger charge is -2.11. The number of anilines is 1. The summed E-state index contributed by atoms with van der Waals surface area (Å²) in [6.07, 6.45) is 3.02. The second kappa shape index (κ2) is 6.66. The summed E-state index contributed by atoms with van der Waals surface area (Å²) >= 11 is 0. The smallest absolute Gasteiger partial charge is 0.241 e. The molecule has 4 nitrogen and oxygen atoms in total. The molecular formula is C17H25N3O. The lowest BCUT2D eigenvalue weighted by molar-refractivity contribution is 0.432. The van der Waals surface area contributed by atoms with E-state index >= 15 is 0 Å². The molecule has 0 aliphatic heterocycles. The molecule has 4 heteroatoms. The zero-order chi connectivity index (χ0) is 15.4. The van der Waals surface area contributed by atoms with Gasteiger partial charge in [0.15, 0.2) is 0 Å². The van der Waals surface area contributed by atoms with E-state index < -0.39 is 0 Å². The van der Waals surface area contributed by atoms with Crippen molar-refractivity contribution in [2.45, 2.75) is 46.0 Å². The van der Waals surface area contributed by atoms with Gasteiger partial charge in [-0.3, -0.25) is 0 Å². The summed E-state index contributed by atoms with van der Waals surface area (Å²) in [5.41, 5.74) is 9.01. The van der Waals surface area contributed by atoms with Crippen LogP contribution in [0.4, 0.5) is 5.69 Å². The molecule has 0 amide bonds. The molecule has 1 heterocycles. The highest BCUT2D eigenvalue weighted by molar-refractivity contribution is 5.54. The topological polar surface area (TPSA) is 53.1 Å². The van der Waals surface area contributed by atoms with Gasteiger partial charge < -0.3 is 10.5 Å². The van der Waals surface area contributed by atoms with E-state index in [0.717, 1.165) is 30.7 Å². The molecule has 1 unspecified atom stereocenters. The standard InChI is InChI=1S/C17H25N3O/c1-5-7-15-16(18)17(20(4)19-15)21-14-10-8-13(9-11-14)12(3)6-2/h8-12H,5-7,18H2,1-4H3. The highest BCUT2D eigenvalue weighted by Crippen LogP contribution is 2.31. The SMILES string of the molecule is CCCc1nn(C)c(Oc2ccc(C(C)CC)cc2)c1N. The van der Waals surface area contributed by atoms with Crippen molar-refractivity contribution in [3.63, 3.8) is 0 Å². The number of hydrogen-bond donors (Lipinski definition) is 1. The molecule has 0 radical (unpaired) electrons. The number of nitrogen functional groups attached to an aromatic ring is 1. The van der Waals surface area contributed by atoms with Gasteiger partial charge in [0.25, 0.3) is 0 Å². The van der Waals surface area contributed by atoms with Crippen LogP contribution in [0.5, 0.6) is 11.6 Å². The van der Waals surface area contributed by atoms with Gasteiger partial charge in [0.2, 0.25) is 5.88 Å². The molecular weight excluding hydrogens is 262 g/mol. The summed E-state index contributed by atoms with van der Waals surface area (Å²) in [5, 5.41) is 4.42. The van der Waals surface area contributed by atoms with Gasteiger partial charge >= 0.3 is 0 Å². The monoisotopic (exact) mass is 287 g/mol. The number of benzene rings is 1. The Morgan fingerprint density at radius 1 is 1.24 bits per heavy atom. The molecule has 21 heavy (non-hydrogen) atoms. The Hall–Kier alpha value is -1.97. The molecule has 0 fully saturated rings. The molecule has 1 aromatic carbocycles. The predicted octanol–water partition coefficient (Wildman–Crippen LogP) is 4.26. The van der Waals surface area contributed by atoms with Gasteiger partial charge in [-0.2, -0.15) is 5.10 Å². The van der Waals surface area contributed by atoms with Crippen LogP contribution in [0.25, 0.3) is 0 Å². The third-order valence-corrected chi connectivity index (χ3v) is 3.87. The fourth-order valence-corrected chi connectivity index (χ4v) is 2.33. The number of ether oxygens (including phenoxy) is 1. The second-order valence-corrected chi connectivity index (χ2v) is 5.52. The van der Waals surface area contributed by atoms with Crippen LogP contribution >= 0.6 is 0 Å². The van der Waals surface area contributed by atoms with Gasteiger partial charge in [0.05, 0.1) is 5.69 Å². The lowest BCUT2D eigenvalue weighted by atomic mass is 9.99. The van der Waals surface area contributed by atoms with Crippen molar-refractivity contribution in [1.82, 2.24) is 9.78 Å². The molecule has 2 rings (SSSR count). The van der Waals surface area contributed by atoms with Crippen LogP contribution < -0.4 is 10.5 Å². The van der Waals surface area contributed by atoms with Crippen molar-refractivity contribution in [3.05, 3.63) is 35.5 Å². The van der Waals surface area contributed by atoms with Crippen LogP contribution in [-0.4, -0.2) is 9.78 Å². The van der Waals surface area contributed by atoms with Gasteiger partial charge in [0, 0.05) is 7.05 Å². The minimum absolute atomic E-state index is 0.567. The minimum atomic E-state index is 0.567. The Balaban J connectivity index is 2.18. The quantitative estimate of drug-likeness (QED) is 0.863. The Morgan fingerprint density at radius 2 is 1.90 bits per heavy atom. The maximum absolute atomic E-state index is 6.13. The van der Waals surface area contributed by atoms with Crippen molar-refractivity contribution >= 4 is 5.69 Å². The molecule has 114 valence electrons. The average Bonchev–Trinajstić information content (AvgIpc) is 2.75. The summed E-state index contributed by atoms with van der Waals surface area (Å²) in [5.74, 6) is 1.98. The molecule has 0 aliphatic carbocycles. The molecule has 1 aromatic heterocycles. The van der Waals surface area contributed by atoms with Crippen molar-refractivity contribution in [1.29, 1.82) is 0 Å². The molecule has 0 saturated heterocycles. The normalized spacial score (nSPS) is 12.4. The lowest BCUT2D eigenvalue weighted by Crippen LogP contribution is -1.97. The largest absolute Gasteiger partial charge is 0.437 e. The Kier molecular flexibility index (Phi) is 4.89. The van der Waals surface area contributed by atoms with E-state index in [1.165, 1.54) is 5.56 Å². The van der Waals surface area contributed by atoms with E-state index in [1.54, 1.807) is 4.68 Å². The molecule has 2 aromatic rings. The summed E-state index contributed by atoms with van der Waals surface area (Å²) in [6, 6.07) is 8.22. The van der Waals surface area contributed by atoms with Crippen LogP contribution in [-0.2, 0) is 13.5 Å². The Labute approximate surface area is 126 Å². The number of aromatic nitrogens is 2. The van der Waals surface area contributed by atoms with Crippen LogP contribution in [0.15, 0.2) is 24.3 Å². The summed E-state index contributed by atoms with van der Waals surface area (Å²) in [6.45, 7) is 6.54.